The largest absolute Gasteiger partial charge is 0.487 e. The Labute approximate surface area is 157 Å². The van der Waals surface area contributed by atoms with Gasteiger partial charge in [0, 0.05) is 11.1 Å². The van der Waals surface area contributed by atoms with Gasteiger partial charge >= 0.3 is 0 Å². The summed E-state index contributed by atoms with van der Waals surface area (Å²) in [4.78, 5) is 13.0. The number of ether oxygens (including phenoxy) is 1. The van der Waals surface area contributed by atoms with E-state index in [9.17, 15) is 20.1 Å². The molecule has 7 heteroatoms. The summed E-state index contributed by atoms with van der Waals surface area (Å²) in [5, 5.41) is 34.6. The second kappa shape index (κ2) is 7.96. The molecule has 0 fully saturated rings. The van der Waals surface area contributed by atoms with Crippen LogP contribution in [0, 0.1) is 0 Å². The predicted octanol–water partition coefficient (Wildman–Crippen LogP) is 1.24. The standard InChI is InChI=1S/C20H24N2O5/c1-20(11-25)12-27-19-16(21-14(9-23)10-24)8-7-15(17(19)22-20)18(26)13-5-3-2-4-6-13/h2-8,14,21-25H,9-12H2,1H3/t20-/m1/s1. The molecule has 7 nitrogen and oxygen atoms in total. The molecule has 1 heterocycles. The summed E-state index contributed by atoms with van der Waals surface area (Å²) in [6.45, 7) is 1.34. The molecule has 1 aliphatic heterocycles. The van der Waals surface area contributed by atoms with Crippen LogP contribution in [0.4, 0.5) is 11.4 Å². The molecule has 0 saturated carbocycles. The zero-order valence-corrected chi connectivity index (χ0v) is 15.1. The Morgan fingerprint density at radius 2 is 1.89 bits per heavy atom. The fraction of sp³-hybridized carbons (Fsp3) is 0.350. The van der Waals surface area contributed by atoms with Gasteiger partial charge in [-0.15, -0.1) is 0 Å². The molecule has 0 radical (unpaired) electrons. The van der Waals surface area contributed by atoms with Crippen LogP contribution in [0.5, 0.6) is 5.75 Å². The highest BCUT2D eigenvalue weighted by atomic mass is 16.5. The third kappa shape index (κ3) is 3.90. The number of carbonyl (C=O) groups excluding carboxylic acids is 1. The van der Waals surface area contributed by atoms with Gasteiger partial charge in [0.05, 0.1) is 42.8 Å². The van der Waals surface area contributed by atoms with Crippen LogP contribution in [-0.4, -0.2) is 59.1 Å². The molecular formula is C20H24N2O5. The molecule has 1 atom stereocenters. The van der Waals surface area contributed by atoms with Crippen LogP contribution in [0.25, 0.3) is 0 Å². The molecule has 0 aromatic heterocycles. The number of fused-ring (bicyclic) bond motifs is 1. The summed E-state index contributed by atoms with van der Waals surface area (Å²) in [6.07, 6.45) is 0. The van der Waals surface area contributed by atoms with Crippen LogP contribution in [-0.2, 0) is 0 Å². The van der Waals surface area contributed by atoms with Gasteiger partial charge in [-0.1, -0.05) is 30.3 Å². The van der Waals surface area contributed by atoms with E-state index in [1.54, 1.807) is 43.3 Å². The highest BCUT2D eigenvalue weighted by molar-refractivity contribution is 6.13. The highest BCUT2D eigenvalue weighted by Crippen LogP contribution is 2.42. The van der Waals surface area contributed by atoms with Crippen molar-refractivity contribution in [1.29, 1.82) is 0 Å². The zero-order chi connectivity index (χ0) is 19.4. The van der Waals surface area contributed by atoms with Crippen molar-refractivity contribution in [3.8, 4) is 5.75 Å². The maximum absolute atomic E-state index is 13.0. The number of benzene rings is 2. The first-order chi connectivity index (χ1) is 13.0. The van der Waals surface area contributed by atoms with Gasteiger partial charge in [0.2, 0.25) is 0 Å². The lowest BCUT2D eigenvalue weighted by molar-refractivity contribution is 0.103. The number of aliphatic hydroxyl groups excluding tert-OH is 3. The minimum atomic E-state index is -0.731. The number of hydrogen-bond donors (Lipinski definition) is 5. The second-order valence-electron chi connectivity index (χ2n) is 6.90. The first kappa shape index (κ1) is 19.2. The van der Waals surface area contributed by atoms with Gasteiger partial charge < -0.3 is 30.7 Å². The number of carbonyl (C=O) groups is 1. The summed E-state index contributed by atoms with van der Waals surface area (Å²) < 4.78 is 5.88. The van der Waals surface area contributed by atoms with Crippen LogP contribution in [0.15, 0.2) is 42.5 Å². The average molecular weight is 372 g/mol. The lowest BCUT2D eigenvalue weighted by atomic mass is 9.96. The molecule has 2 aromatic rings. The summed E-state index contributed by atoms with van der Waals surface area (Å²) in [5.74, 6) is 0.257. The van der Waals surface area contributed by atoms with Crippen LogP contribution < -0.4 is 15.4 Å². The van der Waals surface area contributed by atoms with E-state index in [1.165, 1.54) is 0 Å². The van der Waals surface area contributed by atoms with Gasteiger partial charge in [-0.3, -0.25) is 4.79 Å². The van der Waals surface area contributed by atoms with Crippen molar-refractivity contribution in [2.24, 2.45) is 0 Å². The number of nitrogens with one attached hydrogen (secondary N) is 2. The summed E-state index contributed by atoms with van der Waals surface area (Å²) in [7, 11) is 0. The van der Waals surface area contributed by atoms with Crippen LogP contribution in [0.3, 0.4) is 0 Å². The van der Waals surface area contributed by atoms with Crippen LogP contribution in [0.2, 0.25) is 0 Å². The first-order valence-corrected chi connectivity index (χ1v) is 8.78. The molecule has 5 N–H and O–H groups in total. The Morgan fingerprint density at radius 1 is 1.19 bits per heavy atom. The fourth-order valence-electron chi connectivity index (χ4n) is 2.93. The van der Waals surface area contributed by atoms with E-state index < -0.39 is 11.6 Å². The van der Waals surface area contributed by atoms with E-state index in [0.717, 1.165) is 0 Å². The SMILES string of the molecule is C[C@@]1(CO)COc2c(NC(CO)CO)ccc(C(=O)c3ccccc3)c2N1. The molecule has 3 rings (SSSR count). The normalized spacial score (nSPS) is 18.4. The monoisotopic (exact) mass is 372 g/mol. The van der Waals surface area contributed by atoms with E-state index in [0.29, 0.717) is 28.3 Å². The summed E-state index contributed by atoms with van der Waals surface area (Å²) in [5.41, 5.74) is 1.26. The lowest BCUT2D eigenvalue weighted by Crippen LogP contribution is -2.47. The average Bonchev–Trinajstić information content (AvgIpc) is 2.71. The van der Waals surface area contributed by atoms with E-state index in [4.69, 9.17) is 4.74 Å². The Kier molecular flexibility index (Phi) is 5.65. The molecule has 0 bridgehead atoms. The molecule has 27 heavy (non-hydrogen) atoms. The number of aliphatic hydroxyl groups is 3. The Bertz CT molecular complexity index is 808. The summed E-state index contributed by atoms with van der Waals surface area (Å²) >= 11 is 0. The predicted molar refractivity (Wildman–Crippen MR) is 103 cm³/mol. The van der Waals surface area contributed by atoms with Crippen LogP contribution >= 0.6 is 0 Å². The first-order valence-electron chi connectivity index (χ1n) is 8.78. The van der Waals surface area contributed by atoms with Crippen molar-refractivity contribution < 1.29 is 24.9 Å². The molecule has 0 amide bonds. The van der Waals surface area contributed by atoms with Crippen molar-refractivity contribution >= 4 is 17.2 Å². The third-order valence-corrected chi connectivity index (χ3v) is 4.55. The molecule has 0 aliphatic carbocycles. The fourth-order valence-corrected chi connectivity index (χ4v) is 2.93. The molecule has 144 valence electrons. The molecule has 0 unspecified atom stereocenters. The van der Waals surface area contributed by atoms with Crippen molar-refractivity contribution in [2.45, 2.75) is 18.5 Å². The van der Waals surface area contributed by atoms with Crippen molar-refractivity contribution in [3.63, 3.8) is 0 Å². The maximum atomic E-state index is 13.0. The highest BCUT2D eigenvalue weighted by Gasteiger charge is 2.34. The van der Waals surface area contributed by atoms with Gasteiger partial charge in [0.25, 0.3) is 0 Å². The molecule has 0 spiro atoms. The Hall–Kier alpha value is -2.61. The quantitative estimate of drug-likeness (QED) is 0.465. The number of hydrogen-bond acceptors (Lipinski definition) is 7. The molecular weight excluding hydrogens is 348 g/mol. The van der Waals surface area contributed by atoms with Gasteiger partial charge in [0.1, 0.15) is 6.61 Å². The molecule has 2 aromatic carbocycles. The minimum absolute atomic E-state index is 0.168. The van der Waals surface area contributed by atoms with Crippen molar-refractivity contribution in [1.82, 2.24) is 0 Å². The van der Waals surface area contributed by atoms with Gasteiger partial charge in [-0.05, 0) is 19.1 Å². The molecule has 0 saturated heterocycles. The number of anilines is 2. The maximum Gasteiger partial charge on any atom is 0.195 e. The number of ketones is 1. The van der Waals surface area contributed by atoms with Crippen molar-refractivity contribution in [3.05, 3.63) is 53.6 Å². The second-order valence-corrected chi connectivity index (χ2v) is 6.90. The van der Waals surface area contributed by atoms with E-state index >= 15 is 0 Å². The van der Waals surface area contributed by atoms with E-state index in [-0.39, 0.29) is 32.2 Å². The van der Waals surface area contributed by atoms with E-state index in [2.05, 4.69) is 10.6 Å². The van der Waals surface area contributed by atoms with Gasteiger partial charge in [0.15, 0.2) is 11.5 Å². The third-order valence-electron chi connectivity index (χ3n) is 4.55. The minimum Gasteiger partial charge on any atom is -0.487 e. The zero-order valence-electron chi connectivity index (χ0n) is 15.1. The number of rotatable bonds is 7. The summed E-state index contributed by atoms with van der Waals surface area (Å²) in [6, 6.07) is 11.7. The Balaban J connectivity index is 2.06. The Morgan fingerprint density at radius 3 is 2.52 bits per heavy atom. The van der Waals surface area contributed by atoms with E-state index in [1.807, 2.05) is 6.07 Å². The van der Waals surface area contributed by atoms with Crippen molar-refractivity contribution in [2.75, 3.05) is 37.1 Å². The topological polar surface area (TPSA) is 111 Å². The van der Waals surface area contributed by atoms with Gasteiger partial charge in [-0.25, -0.2) is 0 Å². The lowest BCUT2D eigenvalue weighted by Gasteiger charge is -2.37. The molecule has 1 aliphatic rings. The van der Waals surface area contributed by atoms with Crippen LogP contribution in [0.1, 0.15) is 22.8 Å². The smallest absolute Gasteiger partial charge is 0.195 e. The van der Waals surface area contributed by atoms with Gasteiger partial charge in [-0.2, -0.15) is 0 Å².